The first-order valence-electron chi connectivity index (χ1n) is 6.64. The van der Waals surface area contributed by atoms with Crippen LogP contribution in [0.4, 0.5) is 4.39 Å². The van der Waals surface area contributed by atoms with E-state index in [-0.39, 0.29) is 17.8 Å². The number of hydrogen-bond acceptors (Lipinski definition) is 2. The lowest BCUT2D eigenvalue weighted by Crippen LogP contribution is -2.24. The Morgan fingerprint density at radius 1 is 1.05 bits per heavy atom. The second kappa shape index (κ2) is 6.83. The standard InChI is InChI=1S/C17H17FN2/c1-13(14-7-9-17(18)10-8-14)20-12-16(11-19)15-5-3-2-4-6-15/h2-10,13,16,20H,12H2,1H3/t13-,16?/m0/s1. The number of nitriles is 1. The van der Waals surface area contributed by atoms with E-state index < -0.39 is 0 Å². The van der Waals surface area contributed by atoms with Crippen molar-refractivity contribution in [3.05, 3.63) is 71.5 Å². The van der Waals surface area contributed by atoms with E-state index in [0.717, 1.165) is 11.1 Å². The summed E-state index contributed by atoms with van der Waals surface area (Å²) >= 11 is 0. The number of rotatable bonds is 5. The maximum atomic E-state index is 12.9. The maximum Gasteiger partial charge on any atom is 0.123 e. The third-order valence-corrected chi connectivity index (χ3v) is 3.36. The van der Waals surface area contributed by atoms with E-state index in [1.807, 2.05) is 37.3 Å². The largest absolute Gasteiger partial charge is 0.309 e. The first-order chi connectivity index (χ1) is 9.70. The van der Waals surface area contributed by atoms with Crippen molar-refractivity contribution >= 4 is 0 Å². The Bertz CT molecular complexity index is 572. The molecule has 0 bridgehead atoms. The van der Waals surface area contributed by atoms with Crippen LogP contribution < -0.4 is 5.32 Å². The van der Waals surface area contributed by atoms with Crippen molar-refractivity contribution in [1.82, 2.24) is 5.32 Å². The van der Waals surface area contributed by atoms with Crippen LogP contribution in [0.5, 0.6) is 0 Å². The molecule has 0 heterocycles. The molecule has 1 unspecified atom stereocenters. The summed E-state index contributed by atoms with van der Waals surface area (Å²) in [5.41, 5.74) is 2.02. The van der Waals surface area contributed by atoms with Gasteiger partial charge in [-0.15, -0.1) is 0 Å². The van der Waals surface area contributed by atoms with Crippen LogP contribution in [0.15, 0.2) is 54.6 Å². The summed E-state index contributed by atoms with van der Waals surface area (Å²) in [5.74, 6) is -0.417. The average Bonchev–Trinajstić information content (AvgIpc) is 2.49. The Labute approximate surface area is 118 Å². The van der Waals surface area contributed by atoms with Gasteiger partial charge in [-0.05, 0) is 30.2 Å². The maximum absolute atomic E-state index is 12.9. The lowest BCUT2D eigenvalue weighted by Gasteiger charge is -2.17. The number of benzene rings is 2. The molecule has 1 N–H and O–H groups in total. The predicted octanol–water partition coefficient (Wildman–Crippen LogP) is 3.78. The normalized spacial score (nSPS) is 13.4. The SMILES string of the molecule is C[C@H](NCC(C#N)c1ccccc1)c1ccc(F)cc1. The molecule has 0 aliphatic heterocycles. The van der Waals surface area contributed by atoms with Crippen molar-refractivity contribution in [2.45, 2.75) is 18.9 Å². The minimum Gasteiger partial charge on any atom is -0.309 e. The number of hydrogen-bond donors (Lipinski definition) is 1. The molecular formula is C17H17FN2. The van der Waals surface area contributed by atoms with Gasteiger partial charge >= 0.3 is 0 Å². The van der Waals surface area contributed by atoms with Gasteiger partial charge < -0.3 is 5.32 Å². The van der Waals surface area contributed by atoms with E-state index in [1.165, 1.54) is 12.1 Å². The molecule has 0 saturated carbocycles. The van der Waals surface area contributed by atoms with Crippen LogP contribution in [-0.2, 0) is 0 Å². The molecule has 0 aromatic heterocycles. The van der Waals surface area contributed by atoms with Gasteiger partial charge in [-0.2, -0.15) is 5.26 Å². The van der Waals surface area contributed by atoms with E-state index >= 15 is 0 Å². The predicted molar refractivity (Wildman–Crippen MR) is 77.6 cm³/mol. The Morgan fingerprint density at radius 2 is 1.70 bits per heavy atom. The zero-order valence-corrected chi connectivity index (χ0v) is 11.4. The molecule has 102 valence electrons. The number of nitrogens with zero attached hydrogens (tertiary/aromatic N) is 1. The molecule has 2 aromatic carbocycles. The van der Waals surface area contributed by atoms with Crippen LogP contribution in [-0.4, -0.2) is 6.54 Å². The molecule has 2 aromatic rings. The van der Waals surface area contributed by atoms with Crippen molar-refractivity contribution < 1.29 is 4.39 Å². The van der Waals surface area contributed by atoms with Gasteiger partial charge in [0.1, 0.15) is 5.82 Å². The second-order valence-corrected chi connectivity index (χ2v) is 4.77. The fourth-order valence-electron chi connectivity index (χ4n) is 2.09. The van der Waals surface area contributed by atoms with Gasteiger partial charge in [0.15, 0.2) is 0 Å². The summed E-state index contributed by atoms with van der Waals surface area (Å²) in [6.07, 6.45) is 0. The van der Waals surface area contributed by atoms with Crippen LogP contribution in [0.2, 0.25) is 0 Å². The molecule has 3 heteroatoms. The molecule has 20 heavy (non-hydrogen) atoms. The smallest absolute Gasteiger partial charge is 0.123 e. The zero-order chi connectivity index (χ0) is 14.4. The molecule has 0 amide bonds. The Morgan fingerprint density at radius 3 is 2.30 bits per heavy atom. The van der Waals surface area contributed by atoms with Gasteiger partial charge in [-0.25, -0.2) is 4.39 Å². The van der Waals surface area contributed by atoms with Crippen LogP contribution >= 0.6 is 0 Å². The van der Waals surface area contributed by atoms with Gasteiger partial charge in [0.05, 0.1) is 12.0 Å². The van der Waals surface area contributed by atoms with Crippen molar-refractivity contribution in [2.24, 2.45) is 0 Å². The lowest BCUT2D eigenvalue weighted by molar-refractivity contribution is 0.556. The van der Waals surface area contributed by atoms with Crippen LogP contribution in [0.25, 0.3) is 0 Å². The average molecular weight is 268 g/mol. The summed E-state index contributed by atoms with van der Waals surface area (Å²) in [6, 6.07) is 18.5. The molecule has 2 nitrogen and oxygen atoms in total. The second-order valence-electron chi connectivity index (χ2n) is 4.77. The summed E-state index contributed by atoms with van der Waals surface area (Å²) in [5, 5.41) is 12.6. The van der Waals surface area contributed by atoms with Crippen molar-refractivity contribution in [3.8, 4) is 6.07 Å². The Hall–Kier alpha value is -2.18. The fraction of sp³-hybridized carbons (Fsp3) is 0.235. The molecule has 2 atom stereocenters. The van der Waals surface area contributed by atoms with Crippen molar-refractivity contribution in [2.75, 3.05) is 6.54 Å². The van der Waals surface area contributed by atoms with Gasteiger partial charge in [-0.3, -0.25) is 0 Å². The number of halogens is 1. The van der Waals surface area contributed by atoms with E-state index in [1.54, 1.807) is 12.1 Å². The highest BCUT2D eigenvalue weighted by atomic mass is 19.1. The highest BCUT2D eigenvalue weighted by molar-refractivity contribution is 5.25. The lowest BCUT2D eigenvalue weighted by atomic mass is 10.00. The third kappa shape index (κ3) is 3.66. The first kappa shape index (κ1) is 14.2. The zero-order valence-electron chi connectivity index (χ0n) is 11.4. The molecule has 0 aliphatic carbocycles. The summed E-state index contributed by atoms with van der Waals surface area (Å²) in [6.45, 7) is 2.58. The van der Waals surface area contributed by atoms with Crippen LogP contribution in [0, 0.1) is 17.1 Å². The quantitative estimate of drug-likeness (QED) is 0.895. The summed E-state index contributed by atoms with van der Waals surface area (Å²) < 4.78 is 12.9. The van der Waals surface area contributed by atoms with Crippen molar-refractivity contribution in [1.29, 1.82) is 5.26 Å². The van der Waals surface area contributed by atoms with E-state index in [4.69, 9.17) is 0 Å². The first-order valence-corrected chi connectivity index (χ1v) is 6.64. The topological polar surface area (TPSA) is 35.8 Å². The summed E-state index contributed by atoms with van der Waals surface area (Å²) in [4.78, 5) is 0. The fourth-order valence-corrected chi connectivity index (χ4v) is 2.09. The van der Waals surface area contributed by atoms with Gasteiger partial charge in [-0.1, -0.05) is 42.5 Å². The molecule has 2 rings (SSSR count). The van der Waals surface area contributed by atoms with Crippen molar-refractivity contribution in [3.63, 3.8) is 0 Å². The highest BCUT2D eigenvalue weighted by Gasteiger charge is 2.12. The monoisotopic (exact) mass is 268 g/mol. The van der Waals surface area contributed by atoms with E-state index in [2.05, 4.69) is 11.4 Å². The molecule has 0 spiro atoms. The number of nitrogens with one attached hydrogen (secondary N) is 1. The van der Waals surface area contributed by atoms with Crippen LogP contribution in [0.3, 0.4) is 0 Å². The highest BCUT2D eigenvalue weighted by Crippen LogP contribution is 2.17. The molecule has 0 saturated heterocycles. The van der Waals surface area contributed by atoms with Crippen LogP contribution in [0.1, 0.15) is 30.0 Å². The minimum absolute atomic E-state index is 0.0789. The Balaban J connectivity index is 1.97. The van der Waals surface area contributed by atoms with Gasteiger partial charge in [0.25, 0.3) is 0 Å². The summed E-state index contributed by atoms with van der Waals surface area (Å²) in [7, 11) is 0. The Kier molecular flexibility index (Phi) is 4.86. The van der Waals surface area contributed by atoms with E-state index in [0.29, 0.717) is 6.54 Å². The van der Waals surface area contributed by atoms with Gasteiger partial charge in [0, 0.05) is 12.6 Å². The molecule has 0 aliphatic rings. The molecular weight excluding hydrogens is 251 g/mol. The minimum atomic E-state index is -0.236. The van der Waals surface area contributed by atoms with E-state index in [9.17, 15) is 9.65 Å². The molecule has 0 fully saturated rings. The van der Waals surface area contributed by atoms with Gasteiger partial charge in [0.2, 0.25) is 0 Å². The molecule has 0 radical (unpaired) electrons. The third-order valence-electron chi connectivity index (χ3n) is 3.36.